The topological polar surface area (TPSA) is 105 Å². The Balaban J connectivity index is 1.12. The van der Waals surface area contributed by atoms with Gasteiger partial charge < -0.3 is 9.80 Å². The van der Waals surface area contributed by atoms with Crippen LogP contribution in [0.5, 0.6) is 0 Å². The summed E-state index contributed by atoms with van der Waals surface area (Å²) in [5.41, 5.74) is 2.97. The number of anilines is 1. The van der Waals surface area contributed by atoms with Crippen molar-refractivity contribution in [2.24, 2.45) is 0 Å². The van der Waals surface area contributed by atoms with Gasteiger partial charge in [-0.15, -0.1) is 0 Å². The Kier molecular flexibility index (Phi) is 7.59. The van der Waals surface area contributed by atoms with E-state index in [1.54, 1.807) is 32.0 Å². The van der Waals surface area contributed by atoms with Crippen LogP contribution in [0, 0.1) is 0 Å². The predicted molar refractivity (Wildman–Crippen MR) is 178 cm³/mol. The molecule has 0 radical (unpaired) electrons. The fourth-order valence-corrected chi connectivity index (χ4v) is 7.13. The van der Waals surface area contributed by atoms with Crippen LogP contribution in [-0.4, -0.2) is 90.1 Å². The summed E-state index contributed by atoms with van der Waals surface area (Å²) in [7, 11) is 2.11. The summed E-state index contributed by atoms with van der Waals surface area (Å²) >= 11 is 0. The van der Waals surface area contributed by atoms with E-state index < -0.39 is 18.5 Å². The molecule has 3 aliphatic rings. The maximum Gasteiger partial charge on any atom is 0.262 e. The average molecular weight is 619 g/mol. The molecule has 3 atom stereocenters. The molecular formula is C36H38N6O4. The number of hydrogen-bond donors (Lipinski definition) is 2. The van der Waals surface area contributed by atoms with Gasteiger partial charge in [-0.3, -0.25) is 39.6 Å². The Labute approximate surface area is 267 Å². The zero-order valence-electron chi connectivity index (χ0n) is 26.5. The van der Waals surface area contributed by atoms with Gasteiger partial charge in [0.2, 0.25) is 0 Å². The largest absolute Gasteiger partial charge is 0.369 e. The Bertz CT molecular complexity index is 1870. The molecule has 3 heterocycles. The maximum atomic E-state index is 14.1. The summed E-state index contributed by atoms with van der Waals surface area (Å²) in [6.07, 6.45) is -1.20. The highest BCUT2D eigenvalue weighted by Gasteiger charge is 2.39. The van der Waals surface area contributed by atoms with Crippen molar-refractivity contribution in [3.63, 3.8) is 0 Å². The third kappa shape index (κ3) is 4.84. The van der Waals surface area contributed by atoms with Crippen LogP contribution < -0.4 is 15.5 Å². The number of imide groups is 2. The lowest BCUT2D eigenvalue weighted by molar-refractivity contribution is 0.0472. The molecule has 0 aromatic heterocycles. The van der Waals surface area contributed by atoms with E-state index in [0.717, 1.165) is 42.6 Å². The van der Waals surface area contributed by atoms with Crippen LogP contribution >= 0.6 is 0 Å². The number of likely N-dealkylation sites (N-methyl/N-ethyl adjacent to an activating group) is 1. The van der Waals surface area contributed by atoms with E-state index in [1.807, 2.05) is 49.4 Å². The number of carbonyl (C=O) groups excluding carboxylic acids is 4. The number of hydrogen-bond acceptors (Lipinski definition) is 8. The van der Waals surface area contributed by atoms with Crippen molar-refractivity contribution in [1.82, 2.24) is 25.3 Å². The molecule has 3 aliphatic heterocycles. The van der Waals surface area contributed by atoms with Crippen LogP contribution in [0.4, 0.5) is 5.69 Å². The molecule has 0 aliphatic carbocycles. The number of benzene rings is 4. The molecule has 10 heteroatoms. The van der Waals surface area contributed by atoms with E-state index in [-0.39, 0.29) is 23.6 Å². The van der Waals surface area contributed by atoms with Crippen LogP contribution in [0.2, 0.25) is 0 Å². The summed E-state index contributed by atoms with van der Waals surface area (Å²) in [5.74, 6) is -1.43. The van der Waals surface area contributed by atoms with Gasteiger partial charge in [-0.1, -0.05) is 43.3 Å². The molecule has 10 nitrogen and oxygen atoms in total. The van der Waals surface area contributed by atoms with Crippen LogP contribution in [0.25, 0.3) is 21.5 Å². The van der Waals surface area contributed by atoms with E-state index in [2.05, 4.69) is 33.5 Å². The fraction of sp³-hybridized carbons (Fsp3) is 0.333. The van der Waals surface area contributed by atoms with Gasteiger partial charge in [0.15, 0.2) is 0 Å². The first-order valence-electron chi connectivity index (χ1n) is 16.0. The lowest BCUT2D eigenvalue weighted by atomic mass is 9.92. The van der Waals surface area contributed by atoms with Crippen molar-refractivity contribution < 1.29 is 19.2 Å². The first kappa shape index (κ1) is 30.0. The van der Waals surface area contributed by atoms with Gasteiger partial charge in [-0.25, -0.2) is 0 Å². The lowest BCUT2D eigenvalue weighted by Gasteiger charge is -2.38. The molecule has 46 heavy (non-hydrogen) atoms. The monoisotopic (exact) mass is 618 g/mol. The minimum atomic E-state index is -0.678. The second-order valence-electron chi connectivity index (χ2n) is 12.5. The highest BCUT2D eigenvalue weighted by Crippen LogP contribution is 2.35. The fourth-order valence-electron chi connectivity index (χ4n) is 7.13. The minimum Gasteiger partial charge on any atom is -0.369 e. The molecule has 0 saturated carbocycles. The molecule has 236 valence electrons. The lowest BCUT2D eigenvalue weighted by Crippen LogP contribution is -2.61. The molecular weight excluding hydrogens is 580 g/mol. The Morgan fingerprint density at radius 3 is 1.59 bits per heavy atom. The van der Waals surface area contributed by atoms with Gasteiger partial charge in [-0.2, -0.15) is 0 Å². The van der Waals surface area contributed by atoms with E-state index in [9.17, 15) is 19.2 Å². The number of amides is 4. The van der Waals surface area contributed by atoms with Crippen molar-refractivity contribution >= 4 is 50.9 Å². The maximum absolute atomic E-state index is 14.1. The van der Waals surface area contributed by atoms with E-state index >= 15 is 0 Å². The van der Waals surface area contributed by atoms with Gasteiger partial charge >= 0.3 is 0 Å². The molecule has 7 rings (SSSR count). The molecule has 4 amide bonds. The molecule has 4 aromatic rings. The molecule has 3 unspecified atom stereocenters. The minimum absolute atomic E-state index is 0.348. The quantitative estimate of drug-likeness (QED) is 0.223. The second kappa shape index (κ2) is 11.6. The number of nitrogens with one attached hydrogen (secondary N) is 2. The van der Waals surface area contributed by atoms with Gasteiger partial charge in [0.1, 0.15) is 0 Å². The number of rotatable bonds is 8. The van der Waals surface area contributed by atoms with Crippen molar-refractivity contribution in [1.29, 1.82) is 0 Å². The summed E-state index contributed by atoms with van der Waals surface area (Å²) in [6, 6.07) is 20.5. The van der Waals surface area contributed by atoms with Crippen LogP contribution in [-0.2, 0) is 0 Å². The van der Waals surface area contributed by atoms with E-state index in [0.29, 0.717) is 39.4 Å². The normalized spacial score (nSPS) is 18.9. The molecule has 1 saturated heterocycles. The van der Waals surface area contributed by atoms with Crippen LogP contribution in [0.15, 0.2) is 66.7 Å². The molecule has 2 N–H and O–H groups in total. The van der Waals surface area contributed by atoms with E-state index in [1.165, 1.54) is 9.80 Å². The van der Waals surface area contributed by atoms with Crippen molar-refractivity contribution in [2.45, 2.75) is 45.7 Å². The van der Waals surface area contributed by atoms with Crippen LogP contribution in [0.1, 0.15) is 68.6 Å². The zero-order valence-corrected chi connectivity index (χ0v) is 26.5. The highest BCUT2D eigenvalue weighted by molar-refractivity contribution is 6.26. The van der Waals surface area contributed by atoms with E-state index in [4.69, 9.17) is 0 Å². The van der Waals surface area contributed by atoms with Crippen molar-refractivity contribution in [2.75, 3.05) is 38.1 Å². The van der Waals surface area contributed by atoms with Gasteiger partial charge in [-0.05, 0) is 68.4 Å². The van der Waals surface area contributed by atoms with Gasteiger partial charge in [0, 0.05) is 59.3 Å². The smallest absolute Gasteiger partial charge is 0.262 e. The summed E-state index contributed by atoms with van der Waals surface area (Å²) < 4.78 is 0. The predicted octanol–water partition coefficient (Wildman–Crippen LogP) is 4.24. The van der Waals surface area contributed by atoms with Crippen LogP contribution in [0.3, 0.4) is 0 Å². The summed E-state index contributed by atoms with van der Waals surface area (Å²) in [4.78, 5) is 62.2. The SMILES string of the molecule is CCC(NC(C)N1C(=O)c2cccc3cccc(c23)C1=O)NC(C)N1C(=O)c2cccc3cc(N4CCN(C)CC4)cc(c23)C1=O. The highest BCUT2D eigenvalue weighted by atomic mass is 16.2. The van der Waals surface area contributed by atoms with Crippen molar-refractivity contribution in [3.8, 4) is 0 Å². The van der Waals surface area contributed by atoms with Gasteiger partial charge in [0.25, 0.3) is 23.6 Å². The summed E-state index contributed by atoms with van der Waals surface area (Å²) in [5, 5.41) is 9.85. The average Bonchev–Trinajstić information content (AvgIpc) is 3.05. The first-order chi connectivity index (χ1) is 22.2. The third-order valence-corrected chi connectivity index (χ3v) is 9.60. The molecule has 4 aromatic carbocycles. The third-order valence-electron chi connectivity index (χ3n) is 9.60. The Morgan fingerprint density at radius 1 is 0.630 bits per heavy atom. The number of nitrogens with zero attached hydrogens (tertiary/aromatic N) is 4. The number of carbonyl (C=O) groups is 4. The molecule has 0 bridgehead atoms. The standard InChI is InChI=1S/C36H38N6O4/c1-5-30(37-21(2)41-33(43)26-12-6-9-23-10-7-13-27(31(23)26)34(41)44)38-22(3)42-35(45)28-14-8-11-24-19-25(20-29(32(24)28)36(42)46)40-17-15-39(4)16-18-40/h6-14,19-22,30,37-38H,5,15-18H2,1-4H3. The Hall–Kier alpha value is -4.64. The second-order valence-corrected chi connectivity index (χ2v) is 12.5. The molecule has 1 fully saturated rings. The first-order valence-corrected chi connectivity index (χ1v) is 16.0. The van der Waals surface area contributed by atoms with Crippen molar-refractivity contribution in [3.05, 3.63) is 89.0 Å². The molecule has 0 spiro atoms. The number of piperazine rings is 1. The zero-order chi connectivity index (χ0) is 32.3. The van der Waals surface area contributed by atoms with Gasteiger partial charge in [0.05, 0.1) is 24.1 Å². The Morgan fingerprint density at radius 2 is 1.09 bits per heavy atom. The summed E-state index contributed by atoms with van der Waals surface area (Å²) in [6.45, 7) is 9.11.